The smallest absolute Gasteiger partial charge is 0.241 e. The molecule has 6 nitrogen and oxygen atoms in total. The summed E-state index contributed by atoms with van der Waals surface area (Å²) in [4.78, 5) is 31.7. The van der Waals surface area contributed by atoms with Gasteiger partial charge in [-0.25, -0.2) is 0 Å². The predicted octanol–water partition coefficient (Wildman–Crippen LogP) is 1.13. The van der Waals surface area contributed by atoms with Gasteiger partial charge in [-0.2, -0.15) is 0 Å². The number of rotatable bonds is 4. The van der Waals surface area contributed by atoms with E-state index >= 15 is 0 Å². The van der Waals surface area contributed by atoms with Crippen LogP contribution in [0.4, 0.5) is 5.69 Å². The fourth-order valence-corrected chi connectivity index (χ4v) is 5.59. The molecule has 0 aromatic heterocycles. The number of likely N-dealkylation sites (tertiary alicyclic amines) is 2. The van der Waals surface area contributed by atoms with Crippen molar-refractivity contribution in [2.45, 2.75) is 25.7 Å². The number of aliphatic hydroxyl groups excluding tert-OH is 1. The highest BCUT2D eigenvalue weighted by atomic mass is 16.3. The number of fused-ring (bicyclic) bond motifs is 2. The van der Waals surface area contributed by atoms with Crippen LogP contribution in [0.25, 0.3) is 0 Å². The van der Waals surface area contributed by atoms with Gasteiger partial charge in [-0.15, -0.1) is 0 Å². The van der Waals surface area contributed by atoms with Gasteiger partial charge in [-0.3, -0.25) is 14.5 Å². The van der Waals surface area contributed by atoms with Crippen LogP contribution in [0.5, 0.6) is 0 Å². The van der Waals surface area contributed by atoms with Crippen LogP contribution < -0.4 is 4.90 Å². The first kappa shape index (κ1) is 18.1. The van der Waals surface area contributed by atoms with Crippen molar-refractivity contribution in [2.75, 3.05) is 50.8 Å². The monoisotopic (exact) mass is 383 g/mol. The number of hydrogen-bond donors (Lipinski definition) is 1. The van der Waals surface area contributed by atoms with E-state index in [9.17, 15) is 14.7 Å². The highest BCUT2D eigenvalue weighted by Crippen LogP contribution is 2.43. The topological polar surface area (TPSA) is 64.1 Å². The maximum atomic E-state index is 12.9. The Morgan fingerprint density at radius 3 is 2.68 bits per heavy atom. The molecule has 1 aliphatic carbocycles. The second kappa shape index (κ2) is 6.85. The maximum absolute atomic E-state index is 12.9. The molecule has 2 amide bonds. The SMILES string of the molecule is O=C(C1CCC1)N1C[C@@H]2CN(CC(=O)N3CCc4ccccc43)C[C@]2(CO)C1. The summed E-state index contributed by atoms with van der Waals surface area (Å²) in [6.07, 6.45) is 4.12. The number of anilines is 1. The third-order valence-corrected chi connectivity index (χ3v) is 7.46. The molecule has 1 saturated carbocycles. The summed E-state index contributed by atoms with van der Waals surface area (Å²) in [5, 5.41) is 10.2. The number of aliphatic hydroxyl groups is 1. The van der Waals surface area contributed by atoms with Crippen molar-refractivity contribution in [1.29, 1.82) is 0 Å². The van der Waals surface area contributed by atoms with Crippen molar-refractivity contribution in [2.24, 2.45) is 17.3 Å². The Bertz CT molecular complexity index is 793. The van der Waals surface area contributed by atoms with E-state index in [1.54, 1.807) is 0 Å². The Morgan fingerprint density at radius 2 is 1.96 bits per heavy atom. The molecule has 0 unspecified atom stereocenters. The van der Waals surface area contributed by atoms with Crippen LogP contribution in [0, 0.1) is 17.3 Å². The summed E-state index contributed by atoms with van der Waals surface area (Å²) in [6.45, 7) is 4.09. The minimum atomic E-state index is -0.261. The summed E-state index contributed by atoms with van der Waals surface area (Å²) in [5.41, 5.74) is 2.02. The van der Waals surface area contributed by atoms with Crippen molar-refractivity contribution in [3.8, 4) is 0 Å². The van der Waals surface area contributed by atoms with Crippen LogP contribution in [0.1, 0.15) is 24.8 Å². The van der Waals surface area contributed by atoms with Crippen molar-refractivity contribution in [1.82, 2.24) is 9.80 Å². The van der Waals surface area contributed by atoms with Gasteiger partial charge < -0.3 is 14.9 Å². The fraction of sp³-hybridized carbons (Fsp3) is 0.636. The van der Waals surface area contributed by atoms with Crippen molar-refractivity contribution in [3.05, 3.63) is 29.8 Å². The van der Waals surface area contributed by atoms with Crippen LogP contribution in [-0.4, -0.2) is 72.6 Å². The molecule has 1 aromatic rings. The number of amides is 2. The van der Waals surface area contributed by atoms with Crippen molar-refractivity contribution in [3.63, 3.8) is 0 Å². The van der Waals surface area contributed by atoms with Crippen LogP contribution in [0.15, 0.2) is 24.3 Å². The molecule has 2 saturated heterocycles. The predicted molar refractivity (Wildman–Crippen MR) is 106 cm³/mol. The molecule has 150 valence electrons. The molecule has 1 aromatic carbocycles. The Morgan fingerprint density at radius 1 is 1.14 bits per heavy atom. The molecule has 0 spiro atoms. The third kappa shape index (κ3) is 2.85. The van der Waals surface area contributed by atoms with Gasteiger partial charge in [0.15, 0.2) is 0 Å². The molecule has 3 aliphatic heterocycles. The number of nitrogens with zero attached hydrogens (tertiary/aromatic N) is 3. The van der Waals surface area contributed by atoms with Crippen molar-refractivity contribution >= 4 is 17.5 Å². The zero-order valence-electron chi connectivity index (χ0n) is 16.3. The van der Waals surface area contributed by atoms with Gasteiger partial charge in [0, 0.05) is 49.7 Å². The Kier molecular flexibility index (Phi) is 4.43. The van der Waals surface area contributed by atoms with Gasteiger partial charge in [0.2, 0.25) is 11.8 Å². The molecule has 3 heterocycles. The number of para-hydroxylation sites is 1. The molecule has 0 bridgehead atoms. The lowest BCUT2D eigenvalue weighted by Crippen LogP contribution is -2.44. The van der Waals surface area contributed by atoms with E-state index in [0.29, 0.717) is 19.6 Å². The standard InChI is InChI=1S/C22H29N3O3/c26-15-22-13-23(10-18(22)11-24(14-22)21(28)17-5-3-6-17)12-20(27)25-9-8-16-4-1-2-7-19(16)25/h1-2,4,7,17-18,26H,3,5-6,8-15H2/t18-,22+/m0/s1. The fourth-order valence-electron chi connectivity index (χ4n) is 5.59. The molecule has 4 aliphatic rings. The number of carbonyl (C=O) groups is 2. The highest BCUT2D eigenvalue weighted by molar-refractivity contribution is 5.96. The number of benzene rings is 1. The summed E-state index contributed by atoms with van der Waals surface area (Å²) in [5.74, 6) is 0.896. The molecule has 3 fully saturated rings. The zero-order valence-corrected chi connectivity index (χ0v) is 16.3. The molecule has 0 radical (unpaired) electrons. The van der Waals surface area contributed by atoms with E-state index < -0.39 is 0 Å². The largest absolute Gasteiger partial charge is 0.396 e. The summed E-state index contributed by atoms with van der Waals surface area (Å²) in [7, 11) is 0. The second-order valence-corrected chi connectivity index (χ2v) is 9.16. The van der Waals surface area contributed by atoms with Gasteiger partial charge >= 0.3 is 0 Å². The van der Waals surface area contributed by atoms with Crippen LogP contribution in [-0.2, 0) is 16.0 Å². The van der Waals surface area contributed by atoms with Gasteiger partial charge in [0.05, 0.1) is 13.2 Å². The Labute approximate surface area is 166 Å². The molecular weight excluding hydrogens is 354 g/mol. The van der Waals surface area contributed by atoms with E-state index in [4.69, 9.17) is 0 Å². The second-order valence-electron chi connectivity index (χ2n) is 9.16. The van der Waals surface area contributed by atoms with Gasteiger partial charge in [-0.1, -0.05) is 24.6 Å². The normalized spacial score (nSPS) is 29.7. The van der Waals surface area contributed by atoms with Crippen LogP contribution >= 0.6 is 0 Å². The van der Waals surface area contributed by atoms with E-state index in [2.05, 4.69) is 11.0 Å². The summed E-state index contributed by atoms with van der Waals surface area (Å²) in [6, 6.07) is 8.13. The van der Waals surface area contributed by atoms with Crippen LogP contribution in [0.2, 0.25) is 0 Å². The lowest BCUT2D eigenvalue weighted by molar-refractivity contribution is -0.138. The lowest BCUT2D eigenvalue weighted by Gasteiger charge is -2.32. The van der Waals surface area contributed by atoms with Gasteiger partial charge in [0.1, 0.15) is 0 Å². The maximum Gasteiger partial charge on any atom is 0.241 e. The average Bonchev–Trinajstić information content (AvgIpc) is 3.30. The van der Waals surface area contributed by atoms with E-state index in [1.807, 2.05) is 28.0 Å². The summed E-state index contributed by atoms with van der Waals surface area (Å²) < 4.78 is 0. The molecule has 6 heteroatoms. The molecular formula is C22H29N3O3. The molecule has 5 rings (SSSR count). The van der Waals surface area contributed by atoms with E-state index in [1.165, 1.54) is 5.56 Å². The highest BCUT2D eigenvalue weighted by Gasteiger charge is 2.54. The van der Waals surface area contributed by atoms with Crippen molar-refractivity contribution < 1.29 is 14.7 Å². The Balaban J connectivity index is 1.23. The number of carbonyl (C=O) groups excluding carboxylic acids is 2. The first-order valence-electron chi connectivity index (χ1n) is 10.6. The first-order valence-corrected chi connectivity index (χ1v) is 10.6. The number of hydrogen-bond acceptors (Lipinski definition) is 4. The zero-order chi connectivity index (χ0) is 19.3. The first-order chi connectivity index (χ1) is 13.6. The quantitative estimate of drug-likeness (QED) is 0.847. The van der Waals surface area contributed by atoms with Gasteiger partial charge in [-0.05, 0) is 36.8 Å². The minimum absolute atomic E-state index is 0.0867. The van der Waals surface area contributed by atoms with E-state index in [0.717, 1.165) is 51.0 Å². The molecule has 2 atom stereocenters. The van der Waals surface area contributed by atoms with E-state index in [-0.39, 0.29) is 35.7 Å². The minimum Gasteiger partial charge on any atom is -0.396 e. The average molecular weight is 383 g/mol. The third-order valence-electron chi connectivity index (χ3n) is 7.46. The molecule has 28 heavy (non-hydrogen) atoms. The Hall–Kier alpha value is -1.92. The van der Waals surface area contributed by atoms with Crippen LogP contribution in [0.3, 0.4) is 0 Å². The summed E-state index contributed by atoms with van der Waals surface area (Å²) >= 11 is 0. The lowest BCUT2D eigenvalue weighted by atomic mass is 9.82. The van der Waals surface area contributed by atoms with Gasteiger partial charge in [0.25, 0.3) is 0 Å². The molecule has 1 N–H and O–H groups in total.